The molecule has 0 saturated heterocycles. The van der Waals surface area contributed by atoms with Crippen LogP contribution in [0.3, 0.4) is 0 Å². The maximum atomic E-state index is 12.1. The molecule has 0 bridgehead atoms. The Kier molecular flexibility index (Phi) is 4.03. The summed E-state index contributed by atoms with van der Waals surface area (Å²) in [5, 5.41) is 9.00. The van der Waals surface area contributed by atoms with Crippen LogP contribution in [0.5, 0.6) is 0 Å². The van der Waals surface area contributed by atoms with Crippen LogP contribution < -0.4 is 4.72 Å². The van der Waals surface area contributed by atoms with E-state index in [-0.39, 0.29) is 20.5 Å². The summed E-state index contributed by atoms with van der Waals surface area (Å²) >= 11 is 6.86. The number of rotatable bonds is 4. The van der Waals surface area contributed by atoms with E-state index >= 15 is 0 Å². The highest BCUT2D eigenvalue weighted by molar-refractivity contribution is 7.94. The summed E-state index contributed by atoms with van der Waals surface area (Å²) in [6.07, 6.45) is 0. The Morgan fingerprint density at radius 3 is 2.55 bits per heavy atom. The number of halogens is 1. The number of aromatic carboxylic acids is 1. The van der Waals surface area contributed by atoms with Crippen molar-refractivity contribution in [3.8, 4) is 0 Å². The van der Waals surface area contributed by atoms with E-state index in [1.165, 1.54) is 24.3 Å². The van der Waals surface area contributed by atoms with Crippen LogP contribution in [0, 0.1) is 6.92 Å². The molecular weight excluding hydrogens is 322 g/mol. The van der Waals surface area contributed by atoms with Crippen molar-refractivity contribution < 1.29 is 18.3 Å². The normalized spacial score (nSPS) is 11.3. The highest BCUT2D eigenvalue weighted by Gasteiger charge is 2.18. The van der Waals surface area contributed by atoms with Crippen molar-refractivity contribution in [3.63, 3.8) is 0 Å². The molecule has 2 N–H and O–H groups in total. The second-order valence-electron chi connectivity index (χ2n) is 3.97. The van der Waals surface area contributed by atoms with E-state index in [0.29, 0.717) is 0 Å². The maximum Gasteiger partial charge on any atom is 0.337 e. The van der Waals surface area contributed by atoms with E-state index in [4.69, 9.17) is 16.7 Å². The van der Waals surface area contributed by atoms with Gasteiger partial charge >= 0.3 is 5.97 Å². The second kappa shape index (κ2) is 5.43. The number of sulfonamides is 1. The van der Waals surface area contributed by atoms with Gasteiger partial charge in [-0.2, -0.15) is 0 Å². The van der Waals surface area contributed by atoms with Gasteiger partial charge in [0.2, 0.25) is 0 Å². The third-order valence-electron chi connectivity index (χ3n) is 2.43. The number of anilines is 1. The largest absolute Gasteiger partial charge is 0.478 e. The Bertz CT molecular complexity index is 768. The van der Waals surface area contributed by atoms with Gasteiger partial charge in [-0.1, -0.05) is 11.6 Å². The minimum Gasteiger partial charge on any atom is -0.478 e. The van der Waals surface area contributed by atoms with Crippen LogP contribution in [0.1, 0.15) is 15.2 Å². The fraction of sp³-hybridized carbons (Fsp3) is 0.0833. The fourth-order valence-corrected chi connectivity index (χ4v) is 4.05. The number of hydrogen-bond donors (Lipinski definition) is 2. The van der Waals surface area contributed by atoms with Crippen LogP contribution in [0.2, 0.25) is 5.02 Å². The van der Waals surface area contributed by atoms with Gasteiger partial charge in [-0.15, -0.1) is 11.3 Å². The molecule has 106 valence electrons. The Labute approximate surface area is 124 Å². The van der Waals surface area contributed by atoms with E-state index in [9.17, 15) is 13.2 Å². The molecule has 0 radical (unpaired) electrons. The minimum absolute atomic E-state index is 0.0485. The first kappa shape index (κ1) is 14.8. The smallest absolute Gasteiger partial charge is 0.337 e. The summed E-state index contributed by atoms with van der Waals surface area (Å²) in [7, 11) is -3.72. The van der Waals surface area contributed by atoms with E-state index in [0.717, 1.165) is 16.2 Å². The number of hydrogen-bond acceptors (Lipinski definition) is 4. The fourth-order valence-electron chi connectivity index (χ4n) is 1.51. The third-order valence-corrected chi connectivity index (χ3v) is 5.63. The molecule has 2 rings (SSSR count). The molecule has 0 aliphatic rings. The van der Waals surface area contributed by atoms with Crippen LogP contribution >= 0.6 is 22.9 Å². The molecule has 1 aromatic carbocycles. The first-order valence-corrected chi connectivity index (χ1v) is 8.09. The SMILES string of the molecule is Cc1ccc(S(=O)(=O)Nc2ccc(Cl)c(C(=O)O)c2)s1. The van der Waals surface area contributed by atoms with Gasteiger partial charge in [0, 0.05) is 10.6 Å². The summed E-state index contributed by atoms with van der Waals surface area (Å²) in [5.74, 6) is -1.22. The van der Waals surface area contributed by atoms with E-state index < -0.39 is 16.0 Å². The average Bonchev–Trinajstić information content (AvgIpc) is 2.78. The van der Waals surface area contributed by atoms with E-state index in [2.05, 4.69) is 4.72 Å². The Hall–Kier alpha value is -1.57. The Balaban J connectivity index is 2.35. The molecular formula is C12H10ClNO4S2. The number of benzene rings is 1. The monoisotopic (exact) mass is 331 g/mol. The number of nitrogens with one attached hydrogen (secondary N) is 1. The standard InChI is InChI=1S/C12H10ClNO4S2/c1-7-2-5-11(19-7)20(17,18)14-8-3-4-10(13)9(6-8)12(15)16/h2-6,14H,1H3,(H,15,16). The lowest BCUT2D eigenvalue weighted by Gasteiger charge is -2.07. The molecule has 2 aromatic rings. The summed E-state index contributed by atoms with van der Waals surface area (Å²) in [6, 6.07) is 7.12. The van der Waals surface area contributed by atoms with Crippen molar-refractivity contribution in [3.05, 3.63) is 45.8 Å². The number of aryl methyl sites for hydroxylation is 1. The molecule has 0 unspecified atom stereocenters. The number of thiophene rings is 1. The molecule has 1 aromatic heterocycles. The topological polar surface area (TPSA) is 83.5 Å². The summed E-state index contributed by atoms with van der Waals surface area (Å²) in [4.78, 5) is 11.8. The maximum absolute atomic E-state index is 12.1. The zero-order chi connectivity index (χ0) is 14.9. The zero-order valence-corrected chi connectivity index (χ0v) is 12.6. The highest BCUT2D eigenvalue weighted by Crippen LogP contribution is 2.25. The molecule has 0 aliphatic carbocycles. The molecule has 0 fully saturated rings. The van der Waals surface area contributed by atoms with Gasteiger partial charge in [0.05, 0.1) is 10.6 Å². The van der Waals surface area contributed by atoms with Gasteiger partial charge < -0.3 is 5.11 Å². The van der Waals surface area contributed by atoms with Gasteiger partial charge in [-0.05, 0) is 37.3 Å². The van der Waals surface area contributed by atoms with Gasteiger partial charge in [-0.3, -0.25) is 4.72 Å². The van der Waals surface area contributed by atoms with Crippen LogP contribution in [0.15, 0.2) is 34.5 Å². The van der Waals surface area contributed by atoms with Crippen molar-refractivity contribution in [1.82, 2.24) is 0 Å². The lowest BCUT2D eigenvalue weighted by atomic mass is 10.2. The average molecular weight is 332 g/mol. The van der Waals surface area contributed by atoms with E-state index in [1.807, 2.05) is 0 Å². The molecule has 8 heteroatoms. The van der Waals surface area contributed by atoms with Crippen molar-refractivity contribution >= 4 is 44.6 Å². The van der Waals surface area contributed by atoms with E-state index in [1.54, 1.807) is 13.0 Å². The number of carboxylic acid groups (broad SMARTS) is 1. The van der Waals surface area contributed by atoms with Crippen LogP contribution in [0.4, 0.5) is 5.69 Å². The summed E-state index contributed by atoms with van der Waals surface area (Å²) in [5.41, 5.74) is -0.00733. The van der Waals surface area contributed by atoms with Crippen molar-refractivity contribution in [2.24, 2.45) is 0 Å². The second-order valence-corrected chi connectivity index (χ2v) is 7.57. The molecule has 0 saturated carbocycles. The molecule has 0 amide bonds. The first-order chi connectivity index (χ1) is 9.29. The predicted molar refractivity (Wildman–Crippen MR) is 78.3 cm³/mol. The van der Waals surface area contributed by atoms with Gasteiger partial charge in [0.1, 0.15) is 4.21 Å². The Morgan fingerprint density at radius 1 is 1.30 bits per heavy atom. The molecule has 20 heavy (non-hydrogen) atoms. The van der Waals surface area contributed by atoms with Gasteiger partial charge in [0.15, 0.2) is 0 Å². The van der Waals surface area contributed by atoms with Crippen LogP contribution in [0.25, 0.3) is 0 Å². The Morgan fingerprint density at radius 2 is 2.00 bits per heavy atom. The molecule has 0 spiro atoms. The lowest BCUT2D eigenvalue weighted by Crippen LogP contribution is -2.12. The van der Waals surface area contributed by atoms with Crippen molar-refractivity contribution in [2.45, 2.75) is 11.1 Å². The van der Waals surface area contributed by atoms with Crippen molar-refractivity contribution in [2.75, 3.05) is 4.72 Å². The van der Waals surface area contributed by atoms with Crippen molar-refractivity contribution in [1.29, 1.82) is 0 Å². The number of carbonyl (C=O) groups is 1. The summed E-state index contributed by atoms with van der Waals surface area (Å²) < 4.78 is 26.7. The van der Waals surface area contributed by atoms with Crippen LogP contribution in [-0.2, 0) is 10.0 Å². The molecule has 0 atom stereocenters. The molecule has 0 aliphatic heterocycles. The highest BCUT2D eigenvalue weighted by atomic mass is 35.5. The lowest BCUT2D eigenvalue weighted by molar-refractivity contribution is 0.0697. The van der Waals surface area contributed by atoms with Gasteiger partial charge in [-0.25, -0.2) is 13.2 Å². The molecule has 5 nitrogen and oxygen atoms in total. The minimum atomic E-state index is -3.72. The quantitative estimate of drug-likeness (QED) is 0.901. The summed E-state index contributed by atoms with van der Waals surface area (Å²) in [6.45, 7) is 1.80. The zero-order valence-electron chi connectivity index (χ0n) is 10.3. The third kappa shape index (κ3) is 3.12. The van der Waals surface area contributed by atoms with Crippen LogP contribution in [-0.4, -0.2) is 19.5 Å². The molecule has 1 heterocycles. The first-order valence-electron chi connectivity index (χ1n) is 5.42. The predicted octanol–water partition coefficient (Wildman–Crippen LogP) is 3.21. The number of carboxylic acids is 1. The van der Waals surface area contributed by atoms with Gasteiger partial charge in [0.25, 0.3) is 10.0 Å².